The molecule has 0 saturated carbocycles. The minimum atomic E-state index is -0.180. The van der Waals surface area contributed by atoms with Crippen LogP contribution in [-0.4, -0.2) is 12.5 Å². The quantitative estimate of drug-likeness (QED) is 0.921. The minimum absolute atomic E-state index is 0.0535. The van der Waals surface area contributed by atoms with Crippen molar-refractivity contribution in [1.29, 1.82) is 5.26 Å². The molecule has 0 fully saturated rings. The Kier molecular flexibility index (Phi) is 5.16. The third kappa shape index (κ3) is 4.10. The predicted octanol–water partition coefficient (Wildman–Crippen LogP) is 3.12. The topological polar surface area (TPSA) is 62.1 Å². The smallest absolute Gasteiger partial charge is 0.258 e. The molecule has 0 aliphatic carbocycles. The van der Waals surface area contributed by atoms with Gasteiger partial charge in [-0.25, -0.2) is 0 Å². The Bertz CT molecular complexity index is 687. The van der Waals surface area contributed by atoms with E-state index in [4.69, 9.17) is 10.00 Å². The number of aryl methyl sites for hydroxylation is 1. The fraction of sp³-hybridized carbons (Fsp3) is 0.222. The van der Waals surface area contributed by atoms with E-state index in [1.807, 2.05) is 44.2 Å². The standard InChI is InChI=1S/C18H18N2O2/c1-13-5-3-4-6-17(13)14(2)20-18(21)12-22-16-9-7-15(11-19)8-10-16/h3-10,14H,12H2,1-2H3,(H,20,21)/t14-/m1/s1. The Labute approximate surface area is 130 Å². The zero-order valence-corrected chi connectivity index (χ0v) is 12.7. The van der Waals surface area contributed by atoms with Gasteiger partial charge in [0.05, 0.1) is 17.7 Å². The van der Waals surface area contributed by atoms with Gasteiger partial charge in [0.2, 0.25) is 0 Å². The summed E-state index contributed by atoms with van der Waals surface area (Å²) in [6.45, 7) is 3.91. The van der Waals surface area contributed by atoms with Crippen LogP contribution in [0, 0.1) is 18.3 Å². The highest BCUT2D eigenvalue weighted by Gasteiger charge is 2.11. The van der Waals surface area contributed by atoms with Crippen LogP contribution in [-0.2, 0) is 4.79 Å². The van der Waals surface area contributed by atoms with Crippen molar-refractivity contribution in [3.8, 4) is 11.8 Å². The Hall–Kier alpha value is -2.80. The number of benzene rings is 2. The van der Waals surface area contributed by atoms with Gasteiger partial charge in [0.25, 0.3) is 5.91 Å². The number of hydrogen-bond acceptors (Lipinski definition) is 3. The SMILES string of the molecule is Cc1ccccc1[C@@H](C)NC(=O)COc1ccc(C#N)cc1. The molecule has 0 heterocycles. The van der Waals surface area contributed by atoms with Crippen LogP contribution >= 0.6 is 0 Å². The van der Waals surface area contributed by atoms with Crippen molar-refractivity contribution in [3.63, 3.8) is 0 Å². The largest absolute Gasteiger partial charge is 0.484 e. The van der Waals surface area contributed by atoms with Gasteiger partial charge in [-0.2, -0.15) is 5.26 Å². The molecule has 0 saturated heterocycles. The second-order valence-electron chi connectivity index (χ2n) is 5.07. The maximum atomic E-state index is 11.9. The average Bonchev–Trinajstić information content (AvgIpc) is 2.53. The molecule has 2 aromatic rings. The van der Waals surface area contributed by atoms with E-state index >= 15 is 0 Å². The summed E-state index contributed by atoms with van der Waals surface area (Å²) >= 11 is 0. The molecule has 0 spiro atoms. The summed E-state index contributed by atoms with van der Waals surface area (Å²) in [5.74, 6) is 0.387. The van der Waals surface area contributed by atoms with Crippen LogP contribution in [0.1, 0.15) is 29.7 Å². The lowest BCUT2D eigenvalue weighted by atomic mass is 10.0. The highest BCUT2D eigenvalue weighted by atomic mass is 16.5. The maximum Gasteiger partial charge on any atom is 0.258 e. The van der Waals surface area contributed by atoms with Gasteiger partial charge in [-0.15, -0.1) is 0 Å². The second-order valence-corrected chi connectivity index (χ2v) is 5.07. The first-order valence-corrected chi connectivity index (χ1v) is 7.08. The molecule has 22 heavy (non-hydrogen) atoms. The Balaban J connectivity index is 1.87. The van der Waals surface area contributed by atoms with Crippen LogP contribution in [0.3, 0.4) is 0 Å². The molecule has 4 heteroatoms. The van der Waals surface area contributed by atoms with Gasteiger partial charge in [0, 0.05) is 0 Å². The van der Waals surface area contributed by atoms with E-state index < -0.39 is 0 Å². The average molecular weight is 294 g/mol. The van der Waals surface area contributed by atoms with Crippen molar-refractivity contribution >= 4 is 5.91 Å². The zero-order chi connectivity index (χ0) is 15.9. The first-order valence-electron chi connectivity index (χ1n) is 7.08. The summed E-state index contributed by atoms with van der Waals surface area (Å²) in [7, 11) is 0. The van der Waals surface area contributed by atoms with Gasteiger partial charge in [-0.05, 0) is 49.2 Å². The van der Waals surface area contributed by atoms with E-state index in [0.717, 1.165) is 11.1 Å². The summed E-state index contributed by atoms with van der Waals surface area (Å²) < 4.78 is 5.41. The van der Waals surface area contributed by atoms with Gasteiger partial charge in [-0.3, -0.25) is 4.79 Å². The third-order valence-electron chi connectivity index (χ3n) is 3.39. The molecular weight excluding hydrogens is 276 g/mol. The summed E-state index contributed by atoms with van der Waals surface area (Å²) in [5.41, 5.74) is 2.79. The van der Waals surface area contributed by atoms with Crippen molar-refractivity contribution in [3.05, 3.63) is 65.2 Å². The van der Waals surface area contributed by atoms with E-state index in [2.05, 4.69) is 5.32 Å². The van der Waals surface area contributed by atoms with Crippen molar-refractivity contribution in [2.45, 2.75) is 19.9 Å². The summed E-state index contributed by atoms with van der Waals surface area (Å²) in [4.78, 5) is 11.9. The molecule has 1 N–H and O–H groups in total. The molecule has 4 nitrogen and oxygen atoms in total. The molecular formula is C18H18N2O2. The van der Waals surface area contributed by atoms with Crippen LogP contribution < -0.4 is 10.1 Å². The highest BCUT2D eigenvalue weighted by Crippen LogP contribution is 2.16. The fourth-order valence-electron chi connectivity index (χ4n) is 2.21. The van der Waals surface area contributed by atoms with E-state index in [9.17, 15) is 4.79 Å². The lowest BCUT2D eigenvalue weighted by Crippen LogP contribution is -2.31. The van der Waals surface area contributed by atoms with Crippen LogP contribution in [0.4, 0.5) is 0 Å². The second kappa shape index (κ2) is 7.28. The van der Waals surface area contributed by atoms with Crippen LogP contribution in [0.5, 0.6) is 5.75 Å². The first kappa shape index (κ1) is 15.6. The van der Waals surface area contributed by atoms with Crippen LogP contribution in [0.15, 0.2) is 48.5 Å². The van der Waals surface area contributed by atoms with Crippen LogP contribution in [0.25, 0.3) is 0 Å². The number of nitrogens with one attached hydrogen (secondary N) is 1. The lowest BCUT2D eigenvalue weighted by molar-refractivity contribution is -0.123. The molecule has 1 amide bonds. The maximum absolute atomic E-state index is 11.9. The molecule has 0 unspecified atom stereocenters. The molecule has 2 rings (SSSR count). The lowest BCUT2D eigenvalue weighted by Gasteiger charge is -2.16. The van der Waals surface area contributed by atoms with E-state index in [1.165, 1.54) is 0 Å². The number of carbonyl (C=O) groups is 1. The number of rotatable bonds is 5. The van der Waals surface area contributed by atoms with Gasteiger partial charge >= 0.3 is 0 Å². The highest BCUT2D eigenvalue weighted by molar-refractivity contribution is 5.78. The normalized spacial score (nSPS) is 11.3. The van der Waals surface area contributed by atoms with E-state index in [1.54, 1.807) is 24.3 Å². The molecule has 0 bridgehead atoms. The summed E-state index contributed by atoms with van der Waals surface area (Å²) in [6.07, 6.45) is 0. The summed E-state index contributed by atoms with van der Waals surface area (Å²) in [6, 6.07) is 16.6. The van der Waals surface area contributed by atoms with Crippen molar-refractivity contribution in [1.82, 2.24) is 5.32 Å². The number of amides is 1. The monoisotopic (exact) mass is 294 g/mol. The Morgan fingerprint density at radius 2 is 1.91 bits per heavy atom. The third-order valence-corrected chi connectivity index (χ3v) is 3.39. The zero-order valence-electron chi connectivity index (χ0n) is 12.7. The minimum Gasteiger partial charge on any atom is -0.484 e. The van der Waals surface area contributed by atoms with Gasteiger partial charge in [0.1, 0.15) is 5.75 Å². The van der Waals surface area contributed by atoms with Crippen molar-refractivity contribution in [2.24, 2.45) is 0 Å². The van der Waals surface area contributed by atoms with Gasteiger partial charge in [-0.1, -0.05) is 24.3 Å². The Morgan fingerprint density at radius 1 is 1.23 bits per heavy atom. The van der Waals surface area contributed by atoms with Gasteiger partial charge < -0.3 is 10.1 Å². The number of ether oxygens (including phenoxy) is 1. The number of nitrogens with zero attached hydrogens (tertiary/aromatic N) is 1. The van der Waals surface area contributed by atoms with E-state index in [0.29, 0.717) is 11.3 Å². The van der Waals surface area contributed by atoms with Crippen molar-refractivity contribution in [2.75, 3.05) is 6.61 Å². The molecule has 112 valence electrons. The van der Waals surface area contributed by atoms with Crippen LogP contribution in [0.2, 0.25) is 0 Å². The fourth-order valence-corrected chi connectivity index (χ4v) is 2.21. The number of carbonyl (C=O) groups excluding carboxylic acids is 1. The molecule has 0 radical (unpaired) electrons. The molecule has 0 aliphatic heterocycles. The predicted molar refractivity (Wildman–Crippen MR) is 84.4 cm³/mol. The number of hydrogen-bond donors (Lipinski definition) is 1. The first-order chi connectivity index (χ1) is 10.6. The molecule has 0 aromatic heterocycles. The van der Waals surface area contributed by atoms with Crippen molar-refractivity contribution < 1.29 is 9.53 Å². The Morgan fingerprint density at radius 3 is 2.55 bits per heavy atom. The van der Waals surface area contributed by atoms with E-state index in [-0.39, 0.29) is 18.6 Å². The molecule has 0 aliphatic rings. The van der Waals surface area contributed by atoms with Gasteiger partial charge in [0.15, 0.2) is 6.61 Å². The number of nitriles is 1. The molecule has 2 aromatic carbocycles. The summed E-state index contributed by atoms with van der Waals surface area (Å²) in [5, 5.41) is 11.6. The molecule has 1 atom stereocenters.